The Morgan fingerprint density at radius 3 is 2.76 bits per heavy atom. The van der Waals surface area contributed by atoms with Crippen molar-refractivity contribution in [2.24, 2.45) is 5.73 Å². The molecule has 7 heteroatoms. The first-order chi connectivity index (χ1) is 9.91. The average Bonchev–Trinajstić information content (AvgIpc) is 2.83. The lowest BCUT2D eigenvalue weighted by Gasteiger charge is -2.19. The number of halogens is 3. The number of nitrogens with zero attached hydrogens (tertiary/aromatic N) is 2. The fourth-order valence-electron chi connectivity index (χ4n) is 2.54. The van der Waals surface area contributed by atoms with Gasteiger partial charge in [-0.1, -0.05) is 6.07 Å². The van der Waals surface area contributed by atoms with E-state index >= 15 is 0 Å². The van der Waals surface area contributed by atoms with Crippen molar-refractivity contribution in [3.8, 4) is 5.88 Å². The van der Waals surface area contributed by atoms with Gasteiger partial charge in [0.2, 0.25) is 5.88 Å². The lowest BCUT2D eigenvalue weighted by atomic mass is 10.1. The number of likely N-dealkylation sites (tertiary alicyclic amines) is 1. The van der Waals surface area contributed by atoms with Gasteiger partial charge in [-0.25, -0.2) is 4.98 Å². The van der Waals surface area contributed by atoms with Crippen LogP contribution >= 0.6 is 0 Å². The average molecular weight is 303 g/mol. The van der Waals surface area contributed by atoms with E-state index in [9.17, 15) is 13.2 Å². The third kappa shape index (κ3) is 4.07. The third-order valence-corrected chi connectivity index (χ3v) is 3.81. The van der Waals surface area contributed by atoms with E-state index in [1.165, 1.54) is 6.07 Å². The first-order valence-electron chi connectivity index (χ1n) is 7.02. The van der Waals surface area contributed by atoms with Gasteiger partial charge >= 0.3 is 6.18 Å². The summed E-state index contributed by atoms with van der Waals surface area (Å²) in [5.74, 6) is -0.00650. The highest BCUT2D eigenvalue weighted by Crippen LogP contribution is 2.30. The van der Waals surface area contributed by atoms with Gasteiger partial charge in [0.05, 0.1) is 6.61 Å². The zero-order valence-electron chi connectivity index (χ0n) is 12.0. The molecule has 1 aromatic heterocycles. The second-order valence-electron chi connectivity index (χ2n) is 5.28. The second-order valence-corrected chi connectivity index (χ2v) is 5.28. The maximum atomic E-state index is 12.7. The van der Waals surface area contributed by atoms with Crippen LogP contribution in [-0.4, -0.2) is 36.1 Å². The molecule has 0 aromatic carbocycles. The fraction of sp³-hybridized carbons (Fsp3) is 0.643. The first-order valence-corrected chi connectivity index (χ1v) is 7.02. The molecule has 1 aliphatic heterocycles. The molecule has 0 amide bonds. The maximum absolute atomic E-state index is 12.7. The summed E-state index contributed by atoms with van der Waals surface area (Å²) in [5.41, 5.74) is 5.05. The summed E-state index contributed by atoms with van der Waals surface area (Å²) in [5, 5.41) is 0. The number of aromatic nitrogens is 1. The minimum absolute atomic E-state index is 0.00650. The van der Waals surface area contributed by atoms with Gasteiger partial charge in [0.25, 0.3) is 0 Å². The molecule has 1 atom stereocenters. The van der Waals surface area contributed by atoms with E-state index in [1.54, 1.807) is 0 Å². The lowest BCUT2D eigenvalue weighted by molar-refractivity contribution is -0.141. The Morgan fingerprint density at radius 2 is 2.19 bits per heavy atom. The number of alkyl halides is 3. The molecule has 0 spiro atoms. The van der Waals surface area contributed by atoms with Crippen LogP contribution in [0.3, 0.4) is 0 Å². The molecule has 1 aliphatic rings. The van der Waals surface area contributed by atoms with Crippen LogP contribution in [0.4, 0.5) is 13.2 Å². The van der Waals surface area contributed by atoms with Crippen molar-refractivity contribution in [3.05, 3.63) is 23.4 Å². The Labute approximate surface area is 122 Å². The first kappa shape index (κ1) is 16.0. The zero-order chi connectivity index (χ0) is 15.5. The van der Waals surface area contributed by atoms with E-state index in [1.807, 2.05) is 7.05 Å². The summed E-state index contributed by atoms with van der Waals surface area (Å²) < 4.78 is 43.5. The van der Waals surface area contributed by atoms with Gasteiger partial charge in [0.15, 0.2) is 0 Å². The molecule has 1 saturated heterocycles. The number of ether oxygens (including phenoxy) is 1. The van der Waals surface area contributed by atoms with Gasteiger partial charge in [-0.3, -0.25) is 0 Å². The van der Waals surface area contributed by atoms with Gasteiger partial charge in [0.1, 0.15) is 5.69 Å². The molecule has 1 unspecified atom stereocenters. The van der Waals surface area contributed by atoms with Crippen LogP contribution in [0, 0.1) is 0 Å². The molecule has 1 fully saturated rings. The molecule has 2 N–H and O–H groups in total. The SMILES string of the molecule is CN1CCCC1CCOc1nc(C(F)(F)F)ccc1CN. The van der Waals surface area contributed by atoms with Crippen molar-refractivity contribution < 1.29 is 17.9 Å². The van der Waals surface area contributed by atoms with Crippen LogP contribution < -0.4 is 10.5 Å². The minimum Gasteiger partial charge on any atom is -0.477 e. The molecule has 4 nitrogen and oxygen atoms in total. The highest BCUT2D eigenvalue weighted by Gasteiger charge is 2.33. The van der Waals surface area contributed by atoms with E-state index in [0.29, 0.717) is 18.2 Å². The number of hydrogen-bond donors (Lipinski definition) is 1. The Morgan fingerprint density at radius 1 is 1.43 bits per heavy atom. The zero-order valence-corrected chi connectivity index (χ0v) is 12.0. The summed E-state index contributed by atoms with van der Waals surface area (Å²) in [4.78, 5) is 5.80. The van der Waals surface area contributed by atoms with Crippen LogP contribution in [0.5, 0.6) is 5.88 Å². The van der Waals surface area contributed by atoms with Crippen molar-refractivity contribution >= 4 is 0 Å². The normalized spacial score (nSPS) is 20.0. The Balaban J connectivity index is 2.00. The summed E-state index contributed by atoms with van der Waals surface area (Å²) in [6.07, 6.45) is -1.45. The van der Waals surface area contributed by atoms with Crippen LogP contribution in [0.1, 0.15) is 30.5 Å². The molecule has 118 valence electrons. The summed E-state index contributed by atoms with van der Waals surface area (Å²) in [6.45, 7) is 1.50. The number of rotatable bonds is 5. The largest absolute Gasteiger partial charge is 0.477 e. The second kappa shape index (κ2) is 6.62. The van der Waals surface area contributed by atoms with Gasteiger partial charge in [-0.2, -0.15) is 13.2 Å². The topological polar surface area (TPSA) is 51.4 Å². The Kier molecular flexibility index (Phi) is 5.05. The van der Waals surface area contributed by atoms with Crippen LogP contribution in [-0.2, 0) is 12.7 Å². The smallest absolute Gasteiger partial charge is 0.433 e. The van der Waals surface area contributed by atoms with E-state index in [0.717, 1.165) is 31.9 Å². The van der Waals surface area contributed by atoms with E-state index in [2.05, 4.69) is 9.88 Å². The van der Waals surface area contributed by atoms with Crippen molar-refractivity contribution in [1.29, 1.82) is 0 Å². The predicted octanol–water partition coefficient (Wildman–Crippen LogP) is 2.42. The fourth-order valence-corrected chi connectivity index (χ4v) is 2.54. The Hall–Kier alpha value is -1.34. The highest BCUT2D eigenvalue weighted by atomic mass is 19.4. The van der Waals surface area contributed by atoms with Crippen molar-refractivity contribution in [2.45, 2.75) is 38.0 Å². The number of nitrogens with two attached hydrogens (primary N) is 1. The standard InChI is InChI=1S/C14H20F3N3O/c1-20-7-2-3-11(20)6-8-21-13-10(9-18)4-5-12(19-13)14(15,16)17/h4-5,11H,2-3,6-9,18H2,1H3. The molecule has 2 heterocycles. The van der Waals surface area contributed by atoms with Crippen molar-refractivity contribution in [2.75, 3.05) is 20.2 Å². The van der Waals surface area contributed by atoms with Crippen LogP contribution in [0.2, 0.25) is 0 Å². The van der Waals surface area contributed by atoms with Crippen molar-refractivity contribution in [3.63, 3.8) is 0 Å². The summed E-state index contributed by atoms with van der Waals surface area (Å²) >= 11 is 0. The van der Waals surface area contributed by atoms with E-state index in [4.69, 9.17) is 10.5 Å². The molecule has 0 saturated carbocycles. The summed E-state index contributed by atoms with van der Waals surface area (Å²) in [7, 11) is 2.05. The number of pyridine rings is 1. The Bertz CT molecular complexity index is 479. The van der Waals surface area contributed by atoms with Crippen LogP contribution in [0.25, 0.3) is 0 Å². The van der Waals surface area contributed by atoms with Gasteiger partial charge in [0, 0.05) is 18.2 Å². The molecular formula is C14H20F3N3O. The molecule has 2 rings (SSSR count). The van der Waals surface area contributed by atoms with E-state index < -0.39 is 11.9 Å². The van der Waals surface area contributed by atoms with E-state index in [-0.39, 0.29) is 12.4 Å². The molecule has 1 aromatic rings. The highest BCUT2D eigenvalue weighted by molar-refractivity contribution is 5.29. The van der Waals surface area contributed by atoms with Gasteiger partial charge in [-0.15, -0.1) is 0 Å². The molecule has 21 heavy (non-hydrogen) atoms. The van der Waals surface area contributed by atoms with Gasteiger partial charge < -0.3 is 15.4 Å². The summed E-state index contributed by atoms with van der Waals surface area (Å²) in [6, 6.07) is 2.68. The van der Waals surface area contributed by atoms with Crippen molar-refractivity contribution in [1.82, 2.24) is 9.88 Å². The molecule has 0 radical (unpaired) electrons. The molecule has 0 bridgehead atoms. The third-order valence-electron chi connectivity index (χ3n) is 3.81. The maximum Gasteiger partial charge on any atom is 0.433 e. The lowest BCUT2D eigenvalue weighted by Crippen LogP contribution is -2.26. The predicted molar refractivity (Wildman–Crippen MR) is 72.9 cm³/mol. The van der Waals surface area contributed by atoms with Crippen LogP contribution in [0.15, 0.2) is 12.1 Å². The van der Waals surface area contributed by atoms with Gasteiger partial charge in [-0.05, 0) is 38.9 Å². The monoisotopic (exact) mass is 303 g/mol. The molecular weight excluding hydrogens is 283 g/mol. The number of hydrogen-bond acceptors (Lipinski definition) is 4. The quantitative estimate of drug-likeness (QED) is 0.907. The minimum atomic E-state index is -4.48. The molecule has 0 aliphatic carbocycles.